The maximum absolute atomic E-state index is 5.06. The van der Waals surface area contributed by atoms with Gasteiger partial charge in [-0.3, -0.25) is 4.98 Å². The number of nitrogens with zero attached hydrogens (tertiary/aromatic N) is 1. The van der Waals surface area contributed by atoms with E-state index in [1.165, 1.54) is 62.8 Å². The second kappa shape index (κ2) is 9.66. The number of rotatable bonds is 0. The fourth-order valence-electron chi connectivity index (χ4n) is 5.43. The van der Waals surface area contributed by atoms with Gasteiger partial charge in [-0.1, -0.05) is 31.7 Å². The van der Waals surface area contributed by atoms with E-state index in [9.17, 15) is 0 Å². The van der Waals surface area contributed by atoms with Crippen LogP contribution >= 0.6 is 0 Å². The minimum Gasteiger partial charge on any atom is -0.311 e. The van der Waals surface area contributed by atoms with Crippen molar-refractivity contribution in [3.05, 3.63) is 29.6 Å². The number of pyridine rings is 1. The SMILES string of the molecule is C[C@H]1NC2CCCCC2NCCNC2CCCCC2N[C@H](C)c2cccc1n2. The highest BCUT2D eigenvalue weighted by molar-refractivity contribution is 5.17. The summed E-state index contributed by atoms with van der Waals surface area (Å²) in [6.07, 6.45) is 10.4. The zero-order valence-electron chi connectivity index (χ0n) is 17.7. The average Bonchev–Trinajstić information content (AvgIpc) is 2.73. The van der Waals surface area contributed by atoms with E-state index in [2.05, 4.69) is 53.3 Å². The topological polar surface area (TPSA) is 61.0 Å². The molecule has 5 nitrogen and oxygen atoms in total. The zero-order chi connectivity index (χ0) is 19.3. The summed E-state index contributed by atoms with van der Waals surface area (Å²) in [5, 5.41) is 15.5. The first-order chi connectivity index (χ1) is 13.7. The van der Waals surface area contributed by atoms with Crippen molar-refractivity contribution in [3.8, 4) is 0 Å². The van der Waals surface area contributed by atoms with Gasteiger partial charge >= 0.3 is 0 Å². The third-order valence-electron chi connectivity index (χ3n) is 7.08. The van der Waals surface area contributed by atoms with E-state index in [4.69, 9.17) is 4.98 Å². The molecule has 0 radical (unpaired) electrons. The smallest absolute Gasteiger partial charge is 0.0574 e. The van der Waals surface area contributed by atoms with Crippen LogP contribution in [0.25, 0.3) is 0 Å². The minimum atomic E-state index is 0.283. The molecule has 2 saturated carbocycles. The Balaban J connectivity index is 1.56. The van der Waals surface area contributed by atoms with Crippen molar-refractivity contribution in [1.82, 2.24) is 26.3 Å². The van der Waals surface area contributed by atoms with Crippen molar-refractivity contribution in [1.29, 1.82) is 0 Å². The Morgan fingerprint density at radius 1 is 0.679 bits per heavy atom. The van der Waals surface area contributed by atoms with E-state index in [1.54, 1.807) is 0 Å². The molecule has 2 fully saturated rings. The van der Waals surface area contributed by atoms with Crippen molar-refractivity contribution in [3.63, 3.8) is 0 Å². The minimum absolute atomic E-state index is 0.283. The Morgan fingerprint density at radius 2 is 1.11 bits per heavy atom. The molecular formula is C23H39N5. The molecule has 0 spiro atoms. The van der Waals surface area contributed by atoms with Crippen LogP contribution < -0.4 is 21.3 Å². The fraction of sp³-hybridized carbons (Fsp3) is 0.783. The lowest BCUT2D eigenvalue weighted by Crippen LogP contribution is -2.54. The average molecular weight is 386 g/mol. The molecule has 156 valence electrons. The summed E-state index contributed by atoms with van der Waals surface area (Å²) in [5.74, 6) is 0. The second-order valence-electron chi connectivity index (χ2n) is 9.17. The molecule has 1 aromatic heterocycles. The summed E-state index contributed by atoms with van der Waals surface area (Å²) in [6.45, 7) is 6.66. The van der Waals surface area contributed by atoms with Gasteiger partial charge in [-0.25, -0.2) is 0 Å². The number of hydrogen-bond donors (Lipinski definition) is 4. The summed E-state index contributed by atoms with van der Waals surface area (Å²) < 4.78 is 0. The molecule has 1 aliphatic heterocycles. The standard InChI is InChI=1S/C23H39N5/c1-16-18-12-7-13-19(28-18)17(2)27-23-11-6-4-9-21(23)25-15-14-24-20-8-3-5-10-22(20)26-16/h7,12-13,16-17,20-27H,3-6,8-11,14-15H2,1-2H3/t16-,17-,20?,21?,22?,23?/m1/s1. The van der Waals surface area contributed by atoms with Crippen LogP contribution in [0.15, 0.2) is 18.2 Å². The summed E-state index contributed by atoms with van der Waals surface area (Å²) in [5.41, 5.74) is 2.34. The van der Waals surface area contributed by atoms with Crippen LogP contribution in [0.4, 0.5) is 0 Å². The van der Waals surface area contributed by atoms with E-state index < -0.39 is 0 Å². The van der Waals surface area contributed by atoms with Crippen molar-refractivity contribution in [2.45, 2.75) is 101 Å². The molecular weight excluding hydrogens is 346 g/mol. The molecule has 2 heterocycles. The molecule has 0 aromatic carbocycles. The maximum atomic E-state index is 5.06. The molecule has 3 aliphatic rings. The second-order valence-corrected chi connectivity index (χ2v) is 9.17. The van der Waals surface area contributed by atoms with Crippen molar-refractivity contribution >= 4 is 0 Å². The van der Waals surface area contributed by atoms with E-state index in [0.717, 1.165) is 13.1 Å². The Morgan fingerprint density at radius 3 is 1.57 bits per heavy atom. The van der Waals surface area contributed by atoms with Gasteiger partial charge in [-0.15, -0.1) is 0 Å². The molecule has 4 unspecified atom stereocenters. The molecule has 4 rings (SSSR count). The van der Waals surface area contributed by atoms with Gasteiger partial charge < -0.3 is 21.3 Å². The largest absolute Gasteiger partial charge is 0.311 e. The van der Waals surface area contributed by atoms with E-state index in [0.29, 0.717) is 24.2 Å². The van der Waals surface area contributed by atoms with Crippen LogP contribution in [0.2, 0.25) is 0 Å². The third-order valence-corrected chi connectivity index (χ3v) is 7.08. The lowest BCUT2D eigenvalue weighted by atomic mass is 9.89. The van der Waals surface area contributed by atoms with Crippen LogP contribution in [0.1, 0.15) is 88.7 Å². The number of fused-ring (bicyclic) bond motifs is 4. The van der Waals surface area contributed by atoms with Crippen LogP contribution in [0, 0.1) is 0 Å². The molecule has 2 bridgehead atoms. The van der Waals surface area contributed by atoms with Gasteiger partial charge in [0, 0.05) is 49.3 Å². The van der Waals surface area contributed by atoms with Crippen molar-refractivity contribution in [2.24, 2.45) is 0 Å². The highest BCUT2D eigenvalue weighted by Crippen LogP contribution is 2.24. The van der Waals surface area contributed by atoms with Crippen molar-refractivity contribution in [2.75, 3.05) is 13.1 Å². The molecule has 5 heteroatoms. The highest BCUT2D eigenvalue weighted by atomic mass is 15.1. The normalized spacial score (nSPS) is 37.8. The zero-order valence-corrected chi connectivity index (χ0v) is 17.7. The van der Waals surface area contributed by atoms with E-state index in [-0.39, 0.29) is 12.1 Å². The predicted molar refractivity (Wildman–Crippen MR) is 115 cm³/mol. The Labute approximate surface area is 170 Å². The van der Waals surface area contributed by atoms with Crippen LogP contribution in [-0.4, -0.2) is 42.2 Å². The quantitative estimate of drug-likeness (QED) is 0.552. The van der Waals surface area contributed by atoms with E-state index >= 15 is 0 Å². The molecule has 0 amide bonds. The Kier molecular flexibility index (Phi) is 6.99. The summed E-state index contributed by atoms with van der Waals surface area (Å²) in [7, 11) is 0. The summed E-state index contributed by atoms with van der Waals surface area (Å²) in [4.78, 5) is 5.06. The summed E-state index contributed by atoms with van der Waals surface area (Å²) >= 11 is 0. The molecule has 4 N–H and O–H groups in total. The first kappa shape index (κ1) is 20.3. The first-order valence-corrected chi connectivity index (χ1v) is 11.7. The van der Waals surface area contributed by atoms with Gasteiger partial charge in [0.1, 0.15) is 0 Å². The van der Waals surface area contributed by atoms with Crippen LogP contribution in [-0.2, 0) is 0 Å². The van der Waals surface area contributed by atoms with Gasteiger partial charge in [-0.05, 0) is 51.7 Å². The fourth-order valence-corrected chi connectivity index (χ4v) is 5.43. The molecule has 2 aliphatic carbocycles. The van der Waals surface area contributed by atoms with Gasteiger partial charge in [-0.2, -0.15) is 0 Å². The van der Waals surface area contributed by atoms with Crippen molar-refractivity contribution < 1.29 is 0 Å². The number of nitrogens with one attached hydrogen (secondary N) is 4. The van der Waals surface area contributed by atoms with Gasteiger partial charge in [0.05, 0.1) is 11.4 Å². The molecule has 6 atom stereocenters. The number of hydrogen-bond acceptors (Lipinski definition) is 5. The van der Waals surface area contributed by atoms with E-state index in [1.807, 2.05) is 0 Å². The predicted octanol–water partition coefficient (Wildman–Crippen LogP) is 3.20. The Bertz CT molecular complexity index is 572. The Hall–Kier alpha value is -1.01. The highest BCUT2D eigenvalue weighted by Gasteiger charge is 2.29. The lowest BCUT2D eigenvalue weighted by molar-refractivity contribution is 0.254. The lowest BCUT2D eigenvalue weighted by Gasteiger charge is -2.36. The number of aromatic nitrogens is 1. The maximum Gasteiger partial charge on any atom is 0.0574 e. The molecule has 28 heavy (non-hydrogen) atoms. The molecule has 1 aromatic rings. The van der Waals surface area contributed by atoms with Crippen LogP contribution in [0.3, 0.4) is 0 Å². The monoisotopic (exact) mass is 385 g/mol. The van der Waals surface area contributed by atoms with Gasteiger partial charge in [0.15, 0.2) is 0 Å². The third kappa shape index (κ3) is 4.93. The van der Waals surface area contributed by atoms with Crippen LogP contribution in [0.5, 0.6) is 0 Å². The summed E-state index contributed by atoms with van der Waals surface area (Å²) in [6, 6.07) is 9.34. The van der Waals surface area contributed by atoms with Gasteiger partial charge in [0.25, 0.3) is 0 Å². The first-order valence-electron chi connectivity index (χ1n) is 11.7. The molecule has 0 saturated heterocycles. The van der Waals surface area contributed by atoms with Gasteiger partial charge in [0.2, 0.25) is 0 Å².